The molecule has 2 N–H and O–H groups in total. The van der Waals surface area contributed by atoms with Crippen molar-refractivity contribution in [2.75, 3.05) is 19.8 Å². The first-order chi connectivity index (χ1) is 12.4. The van der Waals surface area contributed by atoms with Crippen LogP contribution in [-0.2, 0) is 30.2 Å². The van der Waals surface area contributed by atoms with Crippen molar-refractivity contribution >= 4 is 34.4 Å². The molecule has 0 aliphatic carbocycles. The molecular weight excluding hydrogens is 366 g/mol. The van der Waals surface area contributed by atoms with Crippen molar-refractivity contribution in [1.29, 1.82) is 0 Å². The van der Waals surface area contributed by atoms with Gasteiger partial charge in [-0.3, -0.25) is 4.98 Å². The second kappa shape index (κ2) is 7.55. The molecule has 3 rings (SSSR count). The Kier molecular flexibility index (Phi) is 5.38. The SMILES string of the molecule is O=C(O)C(Cc1cnc2cc(Cl)ccc2c1)(OC1COCCO1)C(=O)O. The highest BCUT2D eigenvalue weighted by Gasteiger charge is 2.50. The van der Waals surface area contributed by atoms with Gasteiger partial charge in [0.25, 0.3) is 5.60 Å². The minimum atomic E-state index is -2.52. The first kappa shape index (κ1) is 18.5. The van der Waals surface area contributed by atoms with Crippen molar-refractivity contribution in [1.82, 2.24) is 4.98 Å². The molecule has 138 valence electrons. The lowest BCUT2D eigenvalue weighted by Gasteiger charge is -2.32. The number of aliphatic carboxylic acids is 2. The second-order valence-electron chi connectivity index (χ2n) is 5.79. The molecule has 2 heterocycles. The third kappa shape index (κ3) is 3.78. The number of carboxylic acids is 2. The van der Waals surface area contributed by atoms with Gasteiger partial charge in [0.1, 0.15) is 0 Å². The highest BCUT2D eigenvalue weighted by atomic mass is 35.5. The summed E-state index contributed by atoms with van der Waals surface area (Å²) in [6.45, 7) is 0.485. The maximum Gasteiger partial charge on any atom is 0.348 e. The first-order valence-electron chi connectivity index (χ1n) is 7.79. The molecule has 1 saturated heterocycles. The van der Waals surface area contributed by atoms with Crippen LogP contribution in [0, 0.1) is 0 Å². The molecule has 1 unspecified atom stereocenters. The van der Waals surface area contributed by atoms with Gasteiger partial charge in [0.2, 0.25) is 0 Å². The van der Waals surface area contributed by atoms with Crippen molar-refractivity contribution in [3.05, 3.63) is 41.0 Å². The Morgan fingerprint density at radius 2 is 2.04 bits per heavy atom. The van der Waals surface area contributed by atoms with E-state index in [2.05, 4.69) is 4.98 Å². The van der Waals surface area contributed by atoms with E-state index in [4.69, 9.17) is 25.8 Å². The van der Waals surface area contributed by atoms with E-state index in [1.54, 1.807) is 24.3 Å². The van der Waals surface area contributed by atoms with E-state index in [0.29, 0.717) is 28.1 Å². The van der Waals surface area contributed by atoms with Gasteiger partial charge in [-0.05, 0) is 23.8 Å². The molecule has 1 fully saturated rings. The molecule has 0 bridgehead atoms. The highest BCUT2D eigenvalue weighted by Crippen LogP contribution is 2.25. The van der Waals surface area contributed by atoms with Gasteiger partial charge in [-0.15, -0.1) is 0 Å². The van der Waals surface area contributed by atoms with E-state index in [1.807, 2.05) is 0 Å². The zero-order chi connectivity index (χ0) is 18.7. The summed E-state index contributed by atoms with van der Waals surface area (Å²) in [5.41, 5.74) is -1.52. The lowest BCUT2D eigenvalue weighted by atomic mass is 9.94. The number of rotatable bonds is 6. The molecule has 1 aromatic heterocycles. The number of ether oxygens (including phenoxy) is 3. The largest absolute Gasteiger partial charge is 0.479 e. The van der Waals surface area contributed by atoms with Crippen LogP contribution in [0.4, 0.5) is 0 Å². The Hall–Kier alpha value is -2.26. The average Bonchev–Trinajstić information content (AvgIpc) is 2.61. The Balaban J connectivity index is 1.92. The number of carbonyl (C=O) groups is 2. The van der Waals surface area contributed by atoms with E-state index in [9.17, 15) is 19.8 Å². The summed E-state index contributed by atoms with van der Waals surface area (Å²) in [6, 6.07) is 6.70. The number of nitrogens with zero attached hydrogens (tertiary/aromatic N) is 1. The summed E-state index contributed by atoms with van der Waals surface area (Å²) in [5, 5.41) is 20.4. The van der Waals surface area contributed by atoms with Gasteiger partial charge in [-0.25, -0.2) is 9.59 Å². The molecule has 1 aromatic carbocycles. The van der Waals surface area contributed by atoms with Crippen molar-refractivity contribution in [2.24, 2.45) is 0 Å². The van der Waals surface area contributed by atoms with Crippen molar-refractivity contribution < 1.29 is 34.0 Å². The molecule has 1 aliphatic heterocycles. The average molecular weight is 382 g/mol. The zero-order valence-electron chi connectivity index (χ0n) is 13.6. The maximum absolute atomic E-state index is 11.8. The predicted molar refractivity (Wildman–Crippen MR) is 90.1 cm³/mol. The number of aromatic nitrogens is 1. The van der Waals surface area contributed by atoms with Crippen LogP contribution in [0.5, 0.6) is 0 Å². The Bertz CT molecular complexity index is 821. The molecule has 1 aliphatic rings. The van der Waals surface area contributed by atoms with E-state index >= 15 is 0 Å². The highest BCUT2D eigenvalue weighted by molar-refractivity contribution is 6.31. The standard InChI is InChI=1S/C17H16ClNO7/c18-12-2-1-11-5-10(8-19-13(11)6-12)7-17(15(20)21,16(22)23)26-14-9-24-3-4-25-14/h1-2,5-6,8,14H,3-4,7,9H2,(H,20,21)(H,22,23). The summed E-state index contributed by atoms with van der Waals surface area (Å²) in [6.07, 6.45) is -0.104. The van der Waals surface area contributed by atoms with Gasteiger partial charge in [0.05, 0.1) is 25.3 Å². The van der Waals surface area contributed by atoms with Gasteiger partial charge in [0.15, 0.2) is 6.29 Å². The number of carboxylic acid groups (broad SMARTS) is 2. The Labute approximate surface area is 153 Å². The topological polar surface area (TPSA) is 115 Å². The molecule has 0 spiro atoms. The van der Waals surface area contributed by atoms with E-state index in [0.717, 1.165) is 0 Å². The minimum Gasteiger partial charge on any atom is -0.479 e. The van der Waals surface area contributed by atoms with Crippen LogP contribution < -0.4 is 0 Å². The number of hydrogen-bond donors (Lipinski definition) is 2. The number of hydrogen-bond acceptors (Lipinski definition) is 6. The molecule has 8 nitrogen and oxygen atoms in total. The predicted octanol–water partition coefficient (Wildman–Crippen LogP) is 1.73. The Morgan fingerprint density at radius 3 is 2.69 bits per heavy atom. The summed E-state index contributed by atoms with van der Waals surface area (Å²) < 4.78 is 15.7. The van der Waals surface area contributed by atoms with Crippen LogP contribution >= 0.6 is 11.6 Å². The number of fused-ring (bicyclic) bond motifs is 1. The smallest absolute Gasteiger partial charge is 0.348 e. The van der Waals surface area contributed by atoms with Crippen LogP contribution in [0.3, 0.4) is 0 Å². The fourth-order valence-electron chi connectivity index (χ4n) is 2.67. The van der Waals surface area contributed by atoms with Gasteiger partial charge < -0.3 is 24.4 Å². The summed E-state index contributed by atoms with van der Waals surface area (Å²) >= 11 is 5.92. The van der Waals surface area contributed by atoms with Crippen molar-refractivity contribution in [2.45, 2.75) is 18.3 Å². The van der Waals surface area contributed by atoms with Crippen molar-refractivity contribution in [3.63, 3.8) is 0 Å². The monoisotopic (exact) mass is 381 g/mol. The fraction of sp³-hybridized carbons (Fsp3) is 0.353. The molecule has 9 heteroatoms. The quantitative estimate of drug-likeness (QED) is 0.727. The Morgan fingerprint density at radius 1 is 1.27 bits per heavy atom. The summed E-state index contributed by atoms with van der Waals surface area (Å²) in [4.78, 5) is 27.8. The molecule has 0 saturated carbocycles. The number of halogens is 1. The van der Waals surface area contributed by atoms with Crippen LogP contribution in [0.15, 0.2) is 30.5 Å². The summed E-state index contributed by atoms with van der Waals surface area (Å²) in [5.74, 6) is -3.26. The molecule has 0 amide bonds. The first-order valence-corrected chi connectivity index (χ1v) is 8.17. The van der Waals surface area contributed by atoms with Crippen molar-refractivity contribution in [3.8, 4) is 0 Å². The van der Waals surface area contributed by atoms with Crippen LogP contribution in [-0.4, -0.2) is 58.8 Å². The van der Waals surface area contributed by atoms with Gasteiger partial charge in [-0.2, -0.15) is 0 Å². The molecule has 2 aromatic rings. The lowest BCUT2D eigenvalue weighted by molar-refractivity contribution is -0.259. The van der Waals surface area contributed by atoms with Gasteiger partial charge in [0, 0.05) is 23.0 Å². The fourth-order valence-corrected chi connectivity index (χ4v) is 2.83. The molecule has 0 radical (unpaired) electrons. The van der Waals surface area contributed by atoms with Crippen LogP contribution in [0.2, 0.25) is 5.02 Å². The summed E-state index contributed by atoms with van der Waals surface area (Å²) in [7, 11) is 0. The van der Waals surface area contributed by atoms with Gasteiger partial charge in [-0.1, -0.05) is 17.7 Å². The number of pyridine rings is 1. The molecule has 1 atom stereocenters. The van der Waals surface area contributed by atoms with Crippen LogP contribution in [0.25, 0.3) is 10.9 Å². The van der Waals surface area contributed by atoms with Crippen LogP contribution in [0.1, 0.15) is 5.56 Å². The van der Waals surface area contributed by atoms with E-state index in [1.165, 1.54) is 6.20 Å². The van der Waals surface area contributed by atoms with E-state index in [-0.39, 0.29) is 13.2 Å². The third-order valence-electron chi connectivity index (χ3n) is 3.96. The second-order valence-corrected chi connectivity index (χ2v) is 6.22. The normalized spacial score (nSPS) is 18.0. The minimum absolute atomic E-state index is 0.0449. The maximum atomic E-state index is 11.8. The molecular formula is C17H16ClNO7. The lowest BCUT2D eigenvalue weighted by Crippen LogP contribution is -2.54. The molecule has 26 heavy (non-hydrogen) atoms. The third-order valence-corrected chi connectivity index (χ3v) is 4.20. The van der Waals surface area contributed by atoms with E-state index < -0.39 is 30.3 Å². The van der Waals surface area contributed by atoms with Gasteiger partial charge >= 0.3 is 11.9 Å². The zero-order valence-corrected chi connectivity index (χ0v) is 14.3. The number of benzene rings is 1.